The molecule has 4 aliphatic heterocycles. The molecule has 1 fully saturated rings. The molecule has 286 valence electrons. The van der Waals surface area contributed by atoms with Crippen LogP contribution in [0.4, 0.5) is 11.6 Å². The molecule has 4 aliphatic rings. The van der Waals surface area contributed by atoms with Crippen molar-refractivity contribution in [2.75, 3.05) is 24.6 Å². The highest BCUT2D eigenvalue weighted by molar-refractivity contribution is 5.87. The summed E-state index contributed by atoms with van der Waals surface area (Å²) in [5, 5.41) is 20.8. The number of aryl methyl sites for hydroxylation is 2. The number of aliphatic hydroxyl groups is 1. The van der Waals surface area contributed by atoms with Crippen molar-refractivity contribution in [1.82, 2.24) is 9.97 Å². The van der Waals surface area contributed by atoms with Gasteiger partial charge in [-0.3, -0.25) is 14.7 Å². The molecule has 8 rings (SSSR count). The first-order valence-electron chi connectivity index (χ1n) is 18.6. The third-order valence-electron chi connectivity index (χ3n) is 10.9. The first-order valence-corrected chi connectivity index (χ1v) is 18.6. The minimum atomic E-state index is -1.21. The second-order valence-corrected chi connectivity index (χ2v) is 15.4. The fraction of sp³-hybridized carbons (Fsp3) is 0.390. The predicted octanol–water partition coefficient (Wildman–Crippen LogP) is 3.24. The molecule has 0 bridgehead atoms. The van der Waals surface area contributed by atoms with Gasteiger partial charge in [-0.25, -0.2) is 14.8 Å². The van der Waals surface area contributed by atoms with Crippen molar-refractivity contribution < 1.29 is 38.5 Å². The minimum Gasteiger partial charge on any atom is -0.507 e. The lowest BCUT2D eigenvalue weighted by molar-refractivity contribution is -0.852. The van der Waals surface area contributed by atoms with Gasteiger partial charge < -0.3 is 40.3 Å². The third-order valence-corrected chi connectivity index (χ3v) is 10.9. The summed E-state index contributed by atoms with van der Waals surface area (Å²) in [6, 6.07) is 10.5. The molecule has 0 spiro atoms. The summed E-state index contributed by atoms with van der Waals surface area (Å²) in [5.41, 5.74) is 16.0. The van der Waals surface area contributed by atoms with Crippen molar-refractivity contribution in [3.63, 3.8) is 0 Å². The van der Waals surface area contributed by atoms with Gasteiger partial charge >= 0.3 is 5.97 Å². The number of fused-ring (bicyclic) bond motifs is 3. The van der Waals surface area contributed by atoms with Gasteiger partial charge in [0.05, 0.1) is 17.5 Å². The number of allylic oxidation sites excluding steroid dienone is 1. The topological polar surface area (TPSA) is 213 Å². The lowest BCUT2D eigenvalue weighted by Crippen LogP contribution is -3.04. The number of aromatic hydroxyl groups is 1. The Balaban J connectivity index is 0.976. The summed E-state index contributed by atoms with van der Waals surface area (Å²) in [5.74, 6) is 0.723. The number of esters is 1. The molecule has 7 heterocycles. The number of nitrogens with zero attached hydrogens (tertiary/aromatic N) is 3. The number of rotatable bonds is 12. The number of unbranched alkanes of at least 4 members (excludes halogenated alkanes) is 1. The molecular weight excluding hydrogens is 704 g/mol. The van der Waals surface area contributed by atoms with E-state index >= 15 is 0 Å². The predicted molar refractivity (Wildman–Crippen MR) is 205 cm³/mol. The van der Waals surface area contributed by atoms with Crippen LogP contribution in [0.2, 0.25) is 0 Å². The van der Waals surface area contributed by atoms with E-state index in [-0.39, 0.29) is 35.2 Å². The van der Waals surface area contributed by atoms with Crippen LogP contribution in [0.15, 0.2) is 74.1 Å². The molecule has 14 heteroatoms. The zero-order valence-electron chi connectivity index (χ0n) is 31.1. The summed E-state index contributed by atoms with van der Waals surface area (Å²) >= 11 is 0. The number of hydrogen-bond acceptors (Lipinski definition) is 13. The number of epoxide rings is 1. The van der Waals surface area contributed by atoms with Gasteiger partial charge in [0.15, 0.2) is 11.0 Å². The molecule has 14 nitrogen and oxygen atoms in total. The second-order valence-electron chi connectivity index (χ2n) is 15.4. The minimum absolute atomic E-state index is 0.0131. The Hall–Kier alpha value is -5.57. The normalized spacial score (nSPS) is 23.2. The number of nitrogens with one attached hydrogen (secondary N) is 1. The number of anilines is 2. The van der Waals surface area contributed by atoms with Crippen LogP contribution in [0.3, 0.4) is 0 Å². The quantitative estimate of drug-likeness (QED) is 0.0803. The molecule has 4 aromatic rings. The SMILES string of the molecule is Cc1cc(=O)c2c(O)c3c(cc2o1)OC(C)(C)[C@H](OC(=O)[C@]1(CCCCO)O[C@@H]1CCc1cc(N)nc(-c2cc(N)nc(C[NH+]4C=C5N=CC=C5C4)c2)c1)C3. The Bertz CT molecular complexity index is 2370. The number of aliphatic hydroxyl groups excluding tert-OH is 1. The van der Waals surface area contributed by atoms with E-state index in [2.05, 4.69) is 21.2 Å². The van der Waals surface area contributed by atoms with Crippen molar-refractivity contribution in [3.8, 4) is 22.8 Å². The van der Waals surface area contributed by atoms with Crippen LogP contribution in [0, 0.1) is 6.92 Å². The van der Waals surface area contributed by atoms with Gasteiger partial charge in [-0.1, -0.05) is 0 Å². The number of nitrogen functional groups attached to an aromatic ring is 2. The number of nitrogens with two attached hydrogens (primary N) is 2. The summed E-state index contributed by atoms with van der Waals surface area (Å²) in [7, 11) is 0. The lowest BCUT2D eigenvalue weighted by Gasteiger charge is -2.39. The molecule has 1 aromatic carbocycles. The van der Waals surface area contributed by atoms with Crippen molar-refractivity contribution in [2.45, 2.75) is 89.3 Å². The number of carbonyl (C=O) groups excluding carboxylic acids is 1. The van der Waals surface area contributed by atoms with Gasteiger partial charge in [-0.05, 0) is 88.8 Å². The van der Waals surface area contributed by atoms with Crippen molar-refractivity contribution in [2.24, 2.45) is 4.99 Å². The van der Waals surface area contributed by atoms with E-state index in [0.29, 0.717) is 73.1 Å². The van der Waals surface area contributed by atoms with Crippen LogP contribution < -0.4 is 26.5 Å². The van der Waals surface area contributed by atoms with Gasteiger partial charge in [0.25, 0.3) is 0 Å². The number of benzene rings is 1. The molecule has 1 unspecified atom stereocenters. The van der Waals surface area contributed by atoms with Crippen molar-refractivity contribution in [1.29, 1.82) is 0 Å². The maximum absolute atomic E-state index is 14.1. The first kappa shape index (κ1) is 36.4. The molecule has 1 saturated heterocycles. The number of phenolic OH excluding ortho intramolecular Hbond substituents is 1. The van der Waals surface area contributed by atoms with E-state index < -0.39 is 29.4 Å². The Morgan fingerprint density at radius 2 is 1.91 bits per heavy atom. The summed E-state index contributed by atoms with van der Waals surface area (Å²) < 4.78 is 24.4. The smallest absolute Gasteiger partial charge is 0.341 e. The zero-order valence-corrected chi connectivity index (χ0v) is 31.1. The van der Waals surface area contributed by atoms with Crippen LogP contribution in [0.1, 0.15) is 62.1 Å². The van der Waals surface area contributed by atoms with Crippen LogP contribution >= 0.6 is 0 Å². The van der Waals surface area contributed by atoms with Crippen molar-refractivity contribution >= 4 is 34.8 Å². The maximum atomic E-state index is 14.1. The number of pyridine rings is 2. The summed E-state index contributed by atoms with van der Waals surface area (Å²) in [6.07, 6.45) is 7.29. The second kappa shape index (κ2) is 13.9. The summed E-state index contributed by atoms with van der Waals surface area (Å²) in [6.45, 7) is 6.73. The average Bonchev–Trinajstić information content (AvgIpc) is 3.43. The number of phenols is 1. The first-order chi connectivity index (χ1) is 26.3. The molecule has 0 amide bonds. The number of quaternary nitrogens is 1. The summed E-state index contributed by atoms with van der Waals surface area (Å²) in [4.78, 5) is 41.7. The van der Waals surface area contributed by atoms with E-state index in [1.165, 1.54) is 16.5 Å². The third kappa shape index (κ3) is 7.08. The number of carbonyl (C=O) groups is 1. The maximum Gasteiger partial charge on any atom is 0.341 e. The number of hydrogen-bond donors (Lipinski definition) is 5. The Morgan fingerprint density at radius 3 is 2.71 bits per heavy atom. The molecule has 0 saturated carbocycles. The van der Waals surface area contributed by atoms with Crippen molar-refractivity contribution in [3.05, 3.63) is 92.7 Å². The fourth-order valence-electron chi connectivity index (χ4n) is 7.98. The van der Waals surface area contributed by atoms with Gasteiger partial charge in [-0.15, -0.1) is 0 Å². The van der Waals surface area contributed by atoms with Gasteiger partial charge in [0, 0.05) is 48.1 Å². The largest absolute Gasteiger partial charge is 0.507 e. The van der Waals surface area contributed by atoms with Crippen LogP contribution in [0.25, 0.3) is 22.2 Å². The number of aromatic nitrogens is 2. The van der Waals surface area contributed by atoms with Gasteiger partial charge in [-0.2, -0.15) is 0 Å². The van der Waals surface area contributed by atoms with Crippen LogP contribution in [-0.2, 0) is 33.7 Å². The molecule has 4 atom stereocenters. The number of ether oxygens (including phenoxy) is 3. The molecule has 0 aliphatic carbocycles. The van der Waals surface area contributed by atoms with E-state index in [0.717, 1.165) is 29.1 Å². The Morgan fingerprint density at radius 1 is 1.09 bits per heavy atom. The molecular formula is C41H45N6O8+. The standard InChI is InChI=1S/C41H44N6O8/c1-22-12-30(49)37-32(52-22)18-31-27(38(37)50)17-34(40(2,3)54-31)53-39(51)41(9-4-5-11-48)33(55-41)7-6-23-13-28(46-35(42)14-23)25-15-26(45-36(43)16-25)20-47-19-24-8-10-44-29(24)21-47/h8,10,12-16,18,21,33-34,48,50H,4-7,9,11,17,19-20H2,1-3H3,(H2,42,46)(H2,43,45)/p+1/t33-,34-,41-/m1/s1. The fourth-order valence-corrected chi connectivity index (χ4v) is 7.98. The lowest BCUT2D eigenvalue weighted by atomic mass is 9.89. The monoisotopic (exact) mass is 749 g/mol. The Kier molecular flexibility index (Phi) is 9.22. The van der Waals surface area contributed by atoms with Gasteiger partial charge in [0.1, 0.15) is 76.6 Å². The van der Waals surface area contributed by atoms with E-state index in [4.69, 9.17) is 30.1 Å². The molecule has 7 N–H and O–H groups in total. The molecule has 0 radical (unpaired) electrons. The van der Waals surface area contributed by atoms with Crippen LogP contribution in [0.5, 0.6) is 11.5 Å². The van der Waals surface area contributed by atoms with E-state index in [9.17, 15) is 19.8 Å². The zero-order chi connectivity index (χ0) is 38.6. The Labute approximate surface area is 317 Å². The van der Waals surface area contributed by atoms with E-state index in [1.807, 2.05) is 30.5 Å². The highest BCUT2D eigenvalue weighted by atomic mass is 16.7. The number of aliphatic imine (C=N–C) groups is 1. The van der Waals surface area contributed by atoms with E-state index in [1.54, 1.807) is 32.9 Å². The highest BCUT2D eigenvalue weighted by Crippen LogP contribution is 2.47. The van der Waals surface area contributed by atoms with Crippen LogP contribution in [-0.4, -0.2) is 68.9 Å². The highest BCUT2D eigenvalue weighted by Gasteiger charge is 2.63. The molecule has 55 heavy (non-hydrogen) atoms. The average molecular weight is 750 g/mol. The molecule has 3 aromatic heterocycles. The van der Waals surface area contributed by atoms with Gasteiger partial charge in [0.2, 0.25) is 0 Å².